The molecule has 4 rings (SSSR count). The molecule has 1 aliphatic heterocycles. The van der Waals surface area contributed by atoms with E-state index in [-0.39, 0.29) is 52.2 Å². The average Bonchev–Trinajstić information content (AvgIpc) is 3.45. The van der Waals surface area contributed by atoms with Crippen LogP contribution in [0.2, 0.25) is 31.0 Å². The summed E-state index contributed by atoms with van der Waals surface area (Å²) in [4.78, 5) is 52.6. The Hall–Kier alpha value is -4.08. The molecule has 3 heterocycles. The molecule has 1 saturated heterocycles. The van der Waals surface area contributed by atoms with Crippen molar-refractivity contribution >= 4 is 49.0 Å². The number of para-hydroxylation sites is 1. The molecule has 13 nitrogen and oxygen atoms in total. The molecule has 2 N–H and O–H groups in total. The van der Waals surface area contributed by atoms with E-state index in [0.717, 1.165) is 6.04 Å². The van der Waals surface area contributed by atoms with E-state index in [4.69, 9.17) is 25.8 Å². The van der Waals surface area contributed by atoms with Crippen LogP contribution < -0.4 is 15.5 Å². The van der Waals surface area contributed by atoms with E-state index in [0.29, 0.717) is 39.1 Å². The number of rotatable bonds is 12. The van der Waals surface area contributed by atoms with E-state index in [9.17, 15) is 14.4 Å². The first-order valence-corrected chi connectivity index (χ1v) is 20.2. The van der Waals surface area contributed by atoms with Crippen LogP contribution in [0.5, 0.6) is 0 Å². The number of anilines is 2. The highest BCUT2D eigenvalue weighted by Crippen LogP contribution is 2.33. The first-order chi connectivity index (χ1) is 23.0. The Kier molecular flexibility index (Phi) is 12.4. The lowest BCUT2D eigenvalue weighted by Gasteiger charge is -2.35. The number of piperidine rings is 1. The number of hydrogen-bond acceptors (Lipinski definition) is 10. The normalized spacial score (nSPS) is 14.0. The fraction of sp³-hybridized carbons (Fsp3) is 0.515. The lowest BCUT2D eigenvalue weighted by atomic mass is 9.96. The molecule has 3 aromatic rings. The summed E-state index contributed by atoms with van der Waals surface area (Å²) in [7, 11) is -0.155. The van der Waals surface area contributed by atoms with E-state index in [1.54, 1.807) is 12.3 Å². The highest BCUT2D eigenvalue weighted by molar-refractivity contribution is 6.76. The number of nitrogens with zero attached hydrogens (tertiary/aromatic N) is 5. The second kappa shape index (κ2) is 16.1. The fourth-order valence-corrected chi connectivity index (χ4v) is 6.08. The van der Waals surface area contributed by atoms with Gasteiger partial charge in [0.15, 0.2) is 5.69 Å². The summed E-state index contributed by atoms with van der Waals surface area (Å²) in [5.74, 6) is -1.61. The van der Waals surface area contributed by atoms with Gasteiger partial charge in [0.2, 0.25) is 11.1 Å². The Morgan fingerprint density at radius 1 is 1.08 bits per heavy atom. The van der Waals surface area contributed by atoms with E-state index >= 15 is 4.39 Å². The van der Waals surface area contributed by atoms with Gasteiger partial charge < -0.3 is 34.3 Å². The number of esters is 1. The van der Waals surface area contributed by atoms with Crippen LogP contribution in [0.4, 0.5) is 20.6 Å². The van der Waals surface area contributed by atoms with Crippen LogP contribution in [0.3, 0.4) is 0 Å². The summed E-state index contributed by atoms with van der Waals surface area (Å²) in [6.07, 6.45) is 2.51. The molecule has 0 bridgehead atoms. The quantitative estimate of drug-likeness (QED) is 0.0956. The van der Waals surface area contributed by atoms with E-state index in [1.165, 1.54) is 29.9 Å². The minimum Gasteiger partial charge on any atom is -0.464 e. The number of amides is 2. The number of imidazole rings is 1. The van der Waals surface area contributed by atoms with Crippen LogP contribution in [0.15, 0.2) is 30.5 Å². The van der Waals surface area contributed by atoms with E-state index in [2.05, 4.69) is 45.2 Å². The maximum Gasteiger partial charge on any atom is 0.407 e. The van der Waals surface area contributed by atoms with Gasteiger partial charge >= 0.3 is 12.1 Å². The molecule has 0 radical (unpaired) electrons. The molecule has 1 aromatic carbocycles. The van der Waals surface area contributed by atoms with Gasteiger partial charge in [-0.2, -0.15) is 0 Å². The summed E-state index contributed by atoms with van der Waals surface area (Å²) in [6.45, 7) is 14.1. The van der Waals surface area contributed by atoms with Gasteiger partial charge in [0.05, 0.1) is 24.2 Å². The highest BCUT2D eigenvalue weighted by atomic mass is 35.5. The van der Waals surface area contributed by atoms with Gasteiger partial charge in [0, 0.05) is 40.5 Å². The Balaban J connectivity index is 1.54. The van der Waals surface area contributed by atoms with E-state index < -0.39 is 37.5 Å². The summed E-state index contributed by atoms with van der Waals surface area (Å²) in [5, 5.41) is 5.48. The molecule has 2 aromatic heterocycles. The minimum atomic E-state index is -1.38. The van der Waals surface area contributed by atoms with Crippen molar-refractivity contribution in [3.8, 4) is 11.4 Å². The Morgan fingerprint density at radius 3 is 2.45 bits per heavy atom. The number of halogens is 2. The van der Waals surface area contributed by atoms with Gasteiger partial charge in [0.1, 0.15) is 23.8 Å². The van der Waals surface area contributed by atoms with Crippen molar-refractivity contribution in [1.82, 2.24) is 24.8 Å². The van der Waals surface area contributed by atoms with Gasteiger partial charge in [-0.25, -0.2) is 28.9 Å². The summed E-state index contributed by atoms with van der Waals surface area (Å²) in [6, 6.07) is 6.80. The van der Waals surface area contributed by atoms with Crippen LogP contribution in [-0.4, -0.2) is 84.5 Å². The van der Waals surface area contributed by atoms with Crippen molar-refractivity contribution in [2.75, 3.05) is 43.6 Å². The lowest BCUT2D eigenvalue weighted by Crippen LogP contribution is -2.40. The number of alkyl carbamates (subject to hydrolysis) is 1. The van der Waals surface area contributed by atoms with Crippen molar-refractivity contribution in [3.05, 3.63) is 53.1 Å². The van der Waals surface area contributed by atoms with Gasteiger partial charge in [-0.1, -0.05) is 25.7 Å². The molecule has 1 fully saturated rings. The maximum atomic E-state index is 15.4. The number of methoxy groups -OCH3 is 1. The standard InChI is InChI=1S/C33H45ClFN7O6Si/c1-33(2,3)48-32(45)36-18-21-11-13-41(14-12-21)27-22(35)9-8-10-23(27)38-29(43)28-37-26(19-42(28)20-47-15-16-49(5,6)7)24-17-25(30(44)46-4)40-31(34)39-24/h8-10,17,19,21H,11-16,18,20H2,1-7H3,(H,36,45)(H,38,43). The van der Waals surface area contributed by atoms with Crippen molar-refractivity contribution in [3.63, 3.8) is 0 Å². The van der Waals surface area contributed by atoms with Crippen molar-refractivity contribution in [2.24, 2.45) is 5.92 Å². The third-order valence-corrected chi connectivity index (χ3v) is 9.54. The van der Waals surface area contributed by atoms with E-state index in [1.807, 2.05) is 25.7 Å². The number of benzene rings is 1. The molecule has 0 aliphatic carbocycles. The summed E-state index contributed by atoms with van der Waals surface area (Å²) < 4.78 is 33.0. The SMILES string of the molecule is COC(=O)c1cc(-c2cn(COCC[Si](C)(C)C)c(C(=O)Nc3cccc(F)c3N3CCC(CNC(=O)OC(C)(C)C)CC3)n2)nc(Cl)n1. The summed E-state index contributed by atoms with van der Waals surface area (Å²) in [5.41, 5.74) is 0.336. The Labute approximate surface area is 291 Å². The zero-order valence-corrected chi connectivity index (χ0v) is 30.8. The molecule has 0 spiro atoms. The molecule has 16 heteroatoms. The topological polar surface area (TPSA) is 150 Å². The first kappa shape index (κ1) is 37.7. The number of ether oxygens (including phenoxy) is 3. The summed E-state index contributed by atoms with van der Waals surface area (Å²) >= 11 is 6.10. The van der Waals surface area contributed by atoms with Gasteiger partial charge in [0.25, 0.3) is 5.91 Å². The lowest BCUT2D eigenvalue weighted by molar-refractivity contribution is 0.0515. The Bertz CT molecular complexity index is 1650. The molecule has 0 atom stereocenters. The highest BCUT2D eigenvalue weighted by Gasteiger charge is 2.27. The molecule has 0 unspecified atom stereocenters. The van der Waals surface area contributed by atoms with Crippen molar-refractivity contribution < 1.29 is 33.0 Å². The van der Waals surface area contributed by atoms with Crippen LogP contribution in [0.25, 0.3) is 11.4 Å². The predicted molar refractivity (Wildman–Crippen MR) is 187 cm³/mol. The fourth-order valence-electron chi connectivity index (χ4n) is 5.14. The molecule has 0 saturated carbocycles. The van der Waals surface area contributed by atoms with Gasteiger partial charge in [-0.05, 0) is 75.4 Å². The number of hydrogen-bond donors (Lipinski definition) is 2. The van der Waals surface area contributed by atoms with Crippen LogP contribution in [0, 0.1) is 11.7 Å². The number of carbonyl (C=O) groups is 3. The second-order valence-electron chi connectivity index (χ2n) is 14.1. The molecule has 2 amide bonds. The van der Waals surface area contributed by atoms with Crippen molar-refractivity contribution in [2.45, 2.75) is 71.6 Å². The Morgan fingerprint density at radius 2 is 1.80 bits per heavy atom. The number of carbonyl (C=O) groups excluding carboxylic acids is 3. The first-order valence-electron chi connectivity index (χ1n) is 16.1. The van der Waals surface area contributed by atoms with Crippen LogP contribution >= 0.6 is 11.6 Å². The average molecular weight is 718 g/mol. The van der Waals surface area contributed by atoms with Crippen LogP contribution in [0.1, 0.15) is 54.7 Å². The predicted octanol–water partition coefficient (Wildman–Crippen LogP) is 6.22. The molecular formula is C33H45ClFN7O6Si. The third kappa shape index (κ3) is 11.0. The zero-order chi connectivity index (χ0) is 35.9. The largest absolute Gasteiger partial charge is 0.464 e. The number of aromatic nitrogens is 4. The monoisotopic (exact) mass is 717 g/mol. The molecule has 266 valence electrons. The molecular weight excluding hydrogens is 673 g/mol. The van der Waals surface area contributed by atoms with Gasteiger partial charge in [-0.3, -0.25) is 4.79 Å². The molecule has 1 aliphatic rings. The maximum absolute atomic E-state index is 15.4. The van der Waals surface area contributed by atoms with Crippen molar-refractivity contribution in [1.29, 1.82) is 0 Å². The zero-order valence-electron chi connectivity index (χ0n) is 29.1. The minimum absolute atomic E-state index is 0.0144. The smallest absolute Gasteiger partial charge is 0.407 e. The molecule has 49 heavy (non-hydrogen) atoms. The van der Waals surface area contributed by atoms with Gasteiger partial charge in [-0.15, -0.1) is 0 Å². The number of nitrogens with one attached hydrogen (secondary N) is 2. The van der Waals surface area contributed by atoms with Crippen LogP contribution in [-0.2, 0) is 20.9 Å². The third-order valence-electron chi connectivity index (χ3n) is 7.66. The second-order valence-corrected chi connectivity index (χ2v) is 20.0.